The highest BCUT2D eigenvalue weighted by Gasteiger charge is 2.68. The van der Waals surface area contributed by atoms with E-state index in [4.69, 9.17) is 11.6 Å². The van der Waals surface area contributed by atoms with Crippen LogP contribution in [0.4, 0.5) is 0 Å². The molecule has 2 unspecified atom stereocenters. The predicted molar refractivity (Wildman–Crippen MR) is 124 cm³/mol. The largest absolute Gasteiger partial charge is 0.393 e. The zero-order chi connectivity index (χ0) is 21.0. The molecule has 0 spiro atoms. The summed E-state index contributed by atoms with van der Waals surface area (Å²) in [5.74, 6) is 4.38. The smallest absolute Gasteiger partial charge is 0.0599 e. The minimum Gasteiger partial charge on any atom is -0.393 e. The molecule has 4 saturated carbocycles. The van der Waals surface area contributed by atoms with Crippen molar-refractivity contribution in [1.82, 2.24) is 0 Å². The normalized spacial score (nSPS) is 50.7. The van der Waals surface area contributed by atoms with Gasteiger partial charge in [-0.2, -0.15) is 0 Å². The summed E-state index contributed by atoms with van der Waals surface area (Å²) in [6, 6.07) is 0. The average Bonchev–Trinajstić information content (AvgIpc) is 2.94. The van der Waals surface area contributed by atoms with Crippen molar-refractivity contribution in [3.05, 3.63) is 0 Å². The third kappa shape index (κ3) is 3.35. The summed E-state index contributed by atoms with van der Waals surface area (Å²) >= 11 is 7.77. The van der Waals surface area contributed by atoms with Crippen LogP contribution in [0.25, 0.3) is 0 Å². The Hall–Kier alpha value is 0.250. The second kappa shape index (κ2) is 7.99. The molecular formula is C27H47ClO. The van der Waals surface area contributed by atoms with Gasteiger partial charge in [-0.1, -0.05) is 60.3 Å². The number of aliphatic hydroxyl groups excluding tert-OH is 1. The van der Waals surface area contributed by atoms with Crippen molar-refractivity contribution in [3.63, 3.8) is 0 Å². The van der Waals surface area contributed by atoms with E-state index in [2.05, 4.69) is 34.6 Å². The van der Waals surface area contributed by atoms with Gasteiger partial charge >= 0.3 is 0 Å². The molecule has 0 aliphatic heterocycles. The van der Waals surface area contributed by atoms with Gasteiger partial charge in [0.1, 0.15) is 0 Å². The molecule has 0 aromatic heterocycles. The minimum absolute atomic E-state index is 0.0297. The van der Waals surface area contributed by atoms with Crippen LogP contribution < -0.4 is 0 Å². The van der Waals surface area contributed by atoms with Crippen molar-refractivity contribution in [2.24, 2.45) is 46.3 Å². The lowest BCUT2D eigenvalue weighted by Crippen LogP contribution is -2.62. The molecule has 0 saturated heterocycles. The van der Waals surface area contributed by atoms with Gasteiger partial charge in [-0.15, -0.1) is 11.6 Å². The van der Waals surface area contributed by atoms with Crippen molar-refractivity contribution in [2.75, 3.05) is 0 Å². The Labute approximate surface area is 185 Å². The Morgan fingerprint density at radius 1 is 0.897 bits per heavy atom. The summed E-state index contributed by atoms with van der Waals surface area (Å²) in [5.41, 5.74) is 0.404. The highest BCUT2D eigenvalue weighted by Crippen LogP contribution is 2.72. The molecule has 1 N–H and O–H groups in total. The Bertz CT molecular complexity index is 589. The van der Waals surface area contributed by atoms with E-state index in [9.17, 15) is 5.11 Å². The van der Waals surface area contributed by atoms with Crippen molar-refractivity contribution in [2.45, 2.75) is 123 Å². The van der Waals surface area contributed by atoms with Gasteiger partial charge in [-0.25, -0.2) is 0 Å². The number of rotatable bonds is 5. The maximum absolute atomic E-state index is 11.1. The monoisotopic (exact) mass is 422 g/mol. The average molecular weight is 423 g/mol. The Kier molecular flexibility index (Phi) is 6.18. The zero-order valence-corrected chi connectivity index (χ0v) is 20.6. The number of aliphatic hydroxyl groups is 1. The van der Waals surface area contributed by atoms with E-state index in [1.54, 1.807) is 0 Å². The molecule has 168 valence electrons. The van der Waals surface area contributed by atoms with Gasteiger partial charge in [-0.3, -0.25) is 0 Å². The second-order valence-electron chi connectivity index (χ2n) is 12.6. The van der Waals surface area contributed by atoms with Crippen LogP contribution in [0, 0.1) is 46.3 Å². The molecule has 29 heavy (non-hydrogen) atoms. The van der Waals surface area contributed by atoms with Crippen molar-refractivity contribution in [1.29, 1.82) is 0 Å². The fraction of sp³-hybridized carbons (Fsp3) is 1.00. The van der Waals surface area contributed by atoms with Crippen LogP contribution >= 0.6 is 11.6 Å². The van der Waals surface area contributed by atoms with E-state index in [0.717, 1.165) is 30.1 Å². The molecule has 4 fully saturated rings. The summed E-state index contributed by atoms with van der Waals surface area (Å²) in [6.07, 6.45) is 15.3. The number of alkyl halides is 1. The first-order valence-corrected chi connectivity index (χ1v) is 13.4. The molecule has 2 heteroatoms. The van der Waals surface area contributed by atoms with Gasteiger partial charge in [0.2, 0.25) is 0 Å². The zero-order valence-electron chi connectivity index (χ0n) is 19.9. The molecule has 0 aromatic rings. The summed E-state index contributed by atoms with van der Waals surface area (Å²) in [6.45, 7) is 12.2. The lowest BCUT2D eigenvalue weighted by Gasteiger charge is -2.64. The van der Waals surface area contributed by atoms with Crippen LogP contribution in [-0.2, 0) is 0 Å². The number of fused-ring (bicyclic) bond motifs is 5. The fourth-order valence-corrected chi connectivity index (χ4v) is 9.83. The number of hydrogen-bond donors (Lipinski definition) is 1. The van der Waals surface area contributed by atoms with Crippen molar-refractivity contribution in [3.8, 4) is 0 Å². The Morgan fingerprint density at radius 3 is 2.38 bits per heavy atom. The predicted octanol–water partition coefficient (Wildman–Crippen LogP) is 7.83. The molecule has 1 nitrogen and oxygen atoms in total. The first kappa shape index (κ1) is 22.4. The summed E-state index contributed by atoms with van der Waals surface area (Å²) in [7, 11) is 0. The third-order valence-corrected chi connectivity index (χ3v) is 11.9. The third-order valence-electron chi connectivity index (χ3n) is 11.0. The van der Waals surface area contributed by atoms with Gasteiger partial charge in [0, 0.05) is 0 Å². The van der Waals surface area contributed by atoms with Crippen LogP contribution in [0.15, 0.2) is 0 Å². The maximum atomic E-state index is 11.1. The molecule has 4 aliphatic rings. The lowest BCUT2D eigenvalue weighted by atomic mass is 9.43. The van der Waals surface area contributed by atoms with Crippen LogP contribution in [-0.4, -0.2) is 16.1 Å². The first-order valence-electron chi connectivity index (χ1n) is 13.0. The van der Waals surface area contributed by atoms with Gasteiger partial charge in [-0.05, 0) is 97.7 Å². The van der Waals surface area contributed by atoms with E-state index >= 15 is 0 Å². The SMILES string of the molecule is CC(C)CCC[C@@H](C)[C@H]1CC[C@]2(Cl)[C@@H]3CCC4CCCC(O)[C@]4(C)[C@H]3CC[C@]12C. The molecule has 0 bridgehead atoms. The van der Waals surface area contributed by atoms with E-state index in [0.29, 0.717) is 11.8 Å². The van der Waals surface area contributed by atoms with Gasteiger partial charge in [0.25, 0.3) is 0 Å². The Balaban J connectivity index is 1.55. The van der Waals surface area contributed by atoms with Gasteiger partial charge in [0.15, 0.2) is 0 Å². The molecule has 4 rings (SSSR count). The minimum atomic E-state index is -0.106. The van der Waals surface area contributed by atoms with Crippen molar-refractivity contribution >= 4 is 11.6 Å². The number of hydrogen-bond acceptors (Lipinski definition) is 1. The van der Waals surface area contributed by atoms with E-state index in [-0.39, 0.29) is 21.8 Å². The second-order valence-corrected chi connectivity index (χ2v) is 13.2. The topological polar surface area (TPSA) is 20.2 Å². The van der Waals surface area contributed by atoms with Gasteiger partial charge < -0.3 is 5.11 Å². The van der Waals surface area contributed by atoms with Crippen LogP contribution in [0.2, 0.25) is 0 Å². The molecule has 0 aromatic carbocycles. The highest BCUT2D eigenvalue weighted by atomic mass is 35.5. The van der Waals surface area contributed by atoms with E-state index in [1.807, 2.05) is 0 Å². The maximum Gasteiger partial charge on any atom is 0.0599 e. The highest BCUT2D eigenvalue weighted by molar-refractivity contribution is 6.25. The van der Waals surface area contributed by atoms with Crippen molar-refractivity contribution < 1.29 is 5.11 Å². The number of halogens is 1. The standard InChI is InChI=1S/C27H47ClO/c1-18(2)8-6-9-19(3)21-15-17-27(28)23-13-12-20-10-7-11-24(29)26(20,5)22(23)14-16-25(21,27)4/h18-24,29H,6-17H2,1-5H3/t19-,20?,21-,22+,23-,24?,25-,26+,27+/m1/s1. The summed E-state index contributed by atoms with van der Waals surface area (Å²) in [4.78, 5) is -0.0297. The van der Waals surface area contributed by atoms with Crippen LogP contribution in [0.5, 0.6) is 0 Å². The van der Waals surface area contributed by atoms with Crippen LogP contribution in [0.1, 0.15) is 112 Å². The van der Waals surface area contributed by atoms with E-state index < -0.39 is 0 Å². The fourth-order valence-electron chi connectivity index (χ4n) is 9.23. The summed E-state index contributed by atoms with van der Waals surface area (Å²) in [5, 5.41) is 11.1. The van der Waals surface area contributed by atoms with E-state index in [1.165, 1.54) is 70.6 Å². The molecule has 0 amide bonds. The molecule has 4 aliphatic carbocycles. The lowest BCUT2D eigenvalue weighted by molar-refractivity contribution is -0.158. The van der Waals surface area contributed by atoms with Crippen LogP contribution in [0.3, 0.4) is 0 Å². The molecule has 9 atom stereocenters. The molecule has 0 radical (unpaired) electrons. The quantitative estimate of drug-likeness (QED) is 0.447. The Morgan fingerprint density at radius 2 is 1.66 bits per heavy atom. The van der Waals surface area contributed by atoms with Gasteiger partial charge in [0.05, 0.1) is 11.0 Å². The summed E-state index contributed by atoms with van der Waals surface area (Å²) < 4.78 is 0. The molecular weight excluding hydrogens is 376 g/mol. The molecule has 0 heterocycles. The first-order chi connectivity index (χ1) is 13.6.